The minimum atomic E-state index is -0.374. The highest BCUT2D eigenvalue weighted by Crippen LogP contribution is 2.16. The van der Waals surface area contributed by atoms with E-state index in [2.05, 4.69) is 12.1 Å². The minimum Gasteiger partial charge on any atom is -0.369 e. The standard InChI is InChI=1S/C14H18N2O2S/c15-13(17)9-19-10-14(18)16-7-5-11-3-1-2-4-12(11)6-8-16/h1-4H,5-10H2,(H2,15,17). The summed E-state index contributed by atoms with van der Waals surface area (Å²) in [4.78, 5) is 24.6. The molecule has 1 aromatic rings. The number of primary amides is 1. The Hall–Kier alpha value is -1.49. The SMILES string of the molecule is NC(=O)CSCC(=O)N1CCc2ccccc2CC1. The number of carbonyl (C=O) groups excluding carboxylic acids is 2. The van der Waals surface area contributed by atoms with E-state index in [4.69, 9.17) is 5.73 Å². The van der Waals surface area contributed by atoms with Crippen molar-refractivity contribution < 1.29 is 9.59 Å². The molecule has 4 nitrogen and oxygen atoms in total. The summed E-state index contributed by atoms with van der Waals surface area (Å²) in [6.45, 7) is 1.51. The van der Waals surface area contributed by atoms with E-state index < -0.39 is 0 Å². The van der Waals surface area contributed by atoms with Crippen molar-refractivity contribution in [2.24, 2.45) is 5.73 Å². The zero-order chi connectivity index (χ0) is 13.7. The molecule has 102 valence electrons. The lowest BCUT2D eigenvalue weighted by atomic mass is 10.0. The highest BCUT2D eigenvalue weighted by Gasteiger charge is 2.18. The fourth-order valence-electron chi connectivity index (χ4n) is 2.25. The maximum atomic E-state index is 12.0. The van der Waals surface area contributed by atoms with Gasteiger partial charge < -0.3 is 10.6 Å². The van der Waals surface area contributed by atoms with Crippen LogP contribution in [0, 0.1) is 0 Å². The molecule has 0 radical (unpaired) electrons. The molecule has 1 heterocycles. The van der Waals surface area contributed by atoms with E-state index in [0.717, 1.165) is 25.9 Å². The first-order valence-electron chi connectivity index (χ1n) is 6.37. The Morgan fingerprint density at radius 3 is 2.21 bits per heavy atom. The molecule has 1 aromatic carbocycles. The molecule has 1 aliphatic heterocycles. The Kier molecular flexibility index (Phi) is 4.85. The molecule has 2 amide bonds. The maximum Gasteiger partial charge on any atom is 0.232 e. The number of carbonyl (C=O) groups is 2. The number of hydrogen-bond acceptors (Lipinski definition) is 3. The van der Waals surface area contributed by atoms with Gasteiger partial charge in [0.05, 0.1) is 11.5 Å². The molecule has 0 fully saturated rings. The number of amides is 2. The van der Waals surface area contributed by atoms with Crippen LogP contribution in [0.4, 0.5) is 0 Å². The van der Waals surface area contributed by atoms with Crippen molar-refractivity contribution in [3.05, 3.63) is 35.4 Å². The molecular formula is C14H18N2O2S. The predicted octanol–water partition coefficient (Wildman–Crippen LogP) is 0.832. The third kappa shape index (κ3) is 3.99. The van der Waals surface area contributed by atoms with E-state index in [-0.39, 0.29) is 17.6 Å². The van der Waals surface area contributed by atoms with Gasteiger partial charge in [-0.2, -0.15) is 0 Å². The topological polar surface area (TPSA) is 63.4 Å². The molecule has 0 spiro atoms. The Labute approximate surface area is 117 Å². The van der Waals surface area contributed by atoms with Crippen molar-refractivity contribution in [3.63, 3.8) is 0 Å². The van der Waals surface area contributed by atoms with Gasteiger partial charge in [0.2, 0.25) is 11.8 Å². The van der Waals surface area contributed by atoms with Crippen molar-refractivity contribution in [2.75, 3.05) is 24.6 Å². The molecule has 2 N–H and O–H groups in total. The highest BCUT2D eigenvalue weighted by molar-refractivity contribution is 8.00. The zero-order valence-electron chi connectivity index (χ0n) is 10.8. The monoisotopic (exact) mass is 278 g/mol. The molecule has 0 saturated carbocycles. The Bertz CT molecular complexity index is 449. The van der Waals surface area contributed by atoms with Crippen molar-refractivity contribution in [3.8, 4) is 0 Å². The summed E-state index contributed by atoms with van der Waals surface area (Å²) in [5.41, 5.74) is 7.73. The van der Waals surface area contributed by atoms with Gasteiger partial charge in [-0.1, -0.05) is 24.3 Å². The first kappa shape index (κ1) is 13.9. The highest BCUT2D eigenvalue weighted by atomic mass is 32.2. The van der Waals surface area contributed by atoms with Crippen LogP contribution in [0.25, 0.3) is 0 Å². The number of rotatable bonds is 4. The van der Waals surface area contributed by atoms with Crippen LogP contribution < -0.4 is 5.73 Å². The summed E-state index contributed by atoms with van der Waals surface area (Å²) in [5.74, 6) is 0.263. The molecule has 5 heteroatoms. The minimum absolute atomic E-state index is 0.0963. The number of fused-ring (bicyclic) bond motifs is 1. The second-order valence-corrected chi connectivity index (χ2v) is 5.59. The van der Waals surface area contributed by atoms with Crippen molar-refractivity contribution in [1.82, 2.24) is 4.90 Å². The number of thioether (sulfide) groups is 1. The molecular weight excluding hydrogens is 260 g/mol. The van der Waals surface area contributed by atoms with Crippen LogP contribution >= 0.6 is 11.8 Å². The summed E-state index contributed by atoms with van der Waals surface area (Å²) in [6, 6.07) is 8.34. The predicted molar refractivity (Wildman–Crippen MR) is 76.9 cm³/mol. The van der Waals surface area contributed by atoms with Gasteiger partial charge >= 0.3 is 0 Å². The second-order valence-electron chi connectivity index (χ2n) is 4.61. The molecule has 0 atom stereocenters. The van der Waals surface area contributed by atoms with Crippen molar-refractivity contribution >= 4 is 23.6 Å². The Morgan fingerprint density at radius 1 is 1.11 bits per heavy atom. The van der Waals surface area contributed by atoms with Crippen LogP contribution in [0.1, 0.15) is 11.1 Å². The second kappa shape index (κ2) is 6.61. The van der Waals surface area contributed by atoms with Gasteiger partial charge in [-0.15, -0.1) is 11.8 Å². The third-order valence-corrected chi connectivity index (χ3v) is 4.18. The Balaban J connectivity index is 1.87. The summed E-state index contributed by atoms with van der Waals surface area (Å²) < 4.78 is 0. The van der Waals surface area contributed by atoms with Gasteiger partial charge in [-0.3, -0.25) is 9.59 Å². The molecule has 1 aliphatic rings. The van der Waals surface area contributed by atoms with Crippen molar-refractivity contribution in [1.29, 1.82) is 0 Å². The van der Waals surface area contributed by atoms with Crippen LogP contribution in [0.3, 0.4) is 0 Å². The number of nitrogens with two attached hydrogens (primary N) is 1. The molecule has 0 saturated heterocycles. The van der Waals surface area contributed by atoms with Crippen LogP contribution in [0.2, 0.25) is 0 Å². The van der Waals surface area contributed by atoms with Crippen molar-refractivity contribution in [2.45, 2.75) is 12.8 Å². The van der Waals surface area contributed by atoms with E-state index in [1.54, 1.807) is 0 Å². The Morgan fingerprint density at radius 2 is 1.68 bits per heavy atom. The lowest BCUT2D eigenvalue weighted by molar-refractivity contribution is -0.128. The molecule has 0 unspecified atom stereocenters. The smallest absolute Gasteiger partial charge is 0.232 e. The van der Waals surface area contributed by atoms with Gasteiger partial charge in [0.25, 0.3) is 0 Å². The molecule has 0 aliphatic carbocycles. The summed E-state index contributed by atoms with van der Waals surface area (Å²) in [7, 11) is 0. The average molecular weight is 278 g/mol. The molecule has 0 aromatic heterocycles. The summed E-state index contributed by atoms with van der Waals surface area (Å²) >= 11 is 1.29. The van der Waals surface area contributed by atoms with E-state index in [1.807, 2.05) is 17.0 Å². The average Bonchev–Trinajstić information content (AvgIpc) is 2.60. The largest absolute Gasteiger partial charge is 0.369 e. The van der Waals surface area contributed by atoms with Crippen LogP contribution in [-0.4, -0.2) is 41.3 Å². The van der Waals surface area contributed by atoms with Crippen LogP contribution in [0.15, 0.2) is 24.3 Å². The fraction of sp³-hybridized carbons (Fsp3) is 0.429. The lowest BCUT2D eigenvalue weighted by Gasteiger charge is -2.19. The molecule has 0 bridgehead atoms. The van der Waals surface area contributed by atoms with Crippen LogP contribution in [-0.2, 0) is 22.4 Å². The van der Waals surface area contributed by atoms with Gasteiger partial charge in [-0.25, -0.2) is 0 Å². The van der Waals surface area contributed by atoms with Gasteiger partial charge in [0.1, 0.15) is 0 Å². The van der Waals surface area contributed by atoms with Crippen LogP contribution in [0.5, 0.6) is 0 Å². The van der Waals surface area contributed by atoms with Gasteiger partial charge in [-0.05, 0) is 24.0 Å². The number of benzene rings is 1. The summed E-state index contributed by atoms with van der Waals surface area (Å²) in [6.07, 6.45) is 1.81. The lowest BCUT2D eigenvalue weighted by Crippen LogP contribution is -2.34. The summed E-state index contributed by atoms with van der Waals surface area (Å²) in [5, 5.41) is 0. The maximum absolute atomic E-state index is 12.0. The molecule has 19 heavy (non-hydrogen) atoms. The van der Waals surface area contributed by atoms with E-state index in [1.165, 1.54) is 22.9 Å². The number of nitrogens with zero attached hydrogens (tertiary/aromatic N) is 1. The van der Waals surface area contributed by atoms with E-state index in [9.17, 15) is 9.59 Å². The normalized spacial score (nSPS) is 14.6. The van der Waals surface area contributed by atoms with Gasteiger partial charge in [0.15, 0.2) is 0 Å². The first-order valence-corrected chi connectivity index (χ1v) is 7.53. The third-order valence-electron chi connectivity index (χ3n) is 3.24. The first-order chi connectivity index (χ1) is 9.16. The van der Waals surface area contributed by atoms with Gasteiger partial charge in [0, 0.05) is 13.1 Å². The number of hydrogen-bond donors (Lipinski definition) is 1. The van der Waals surface area contributed by atoms with E-state index in [0.29, 0.717) is 5.75 Å². The molecule has 2 rings (SSSR count). The fourth-order valence-corrected chi connectivity index (χ4v) is 2.91. The quantitative estimate of drug-likeness (QED) is 0.887. The zero-order valence-corrected chi connectivity index (χ0v) is 11.6. The van der Waals surface area contributed by atoms with E-state index >= 15 is 0 Å².